The van der Waals surface area contributed by atoms with Gasteiger partial charge in [0.15, 0.2) is 11.5 Å². The van der Waals surface area contributed by atoms with E-state index in [9.17, 15) is 0 Å². The van der Waals surface area contributed by atoms with Gasteiger partial charge in [0, 0.05) is 32.0 Å². The summed E-state index contributed by atoms with van der Waals surface area (Å²) in [6.07, 6.45) is 5.57. The Morgan fingerprint density at radius 2 is 2.22 bits per heavy atom. The van der Waals surface area contributed by atoms with Crippen molar-refractivity contribution in [2.24, 2.45) is 0 Å². The minimum absolute atomic E-state index is 0.326. The lowest BCUT2D eigenvalue weighted by Gasteiger charge is -2.06. The molecule has 0 saturated carbocycles. The number of imidazole rings is 1. The molecule has 3 rings (SSSR count). The van der Waals surface area contributed by atoms with E-state index in [-0.39, 0.29) is 0 Å². The van der Waals surface area contributed by atoms with Crippen LogP contribution in [0.1, 0.15) is 5.56 Å². The molecule has 1 N–H and O–H groups in total. The summed E-state index contributed by atoms with van der Waals surface area (Å²) in [5.74, 6) is 1.67. The van der Waals surface area contributed by atoms with Crippen LogP contribution in [0.3, 0.4) is 0 Å². The van der Waals surface area contributed by atoms with E-state index in [0.29, 0.717) is 6.79 Å². The molecule has 0 bridgehead atoms. The first kappa shape index (κ1) is 11.1. The van der Waals surface area contributed by atoms with Crippen LogP contribution >= 0.6 is 0 Å². The molecular weight excluding hydrogens is 230 g/mol. The standard InChI is InChI=1S/C13H15N3O2/c1-2-12-13(18-10-17-12)7-11(1)8-14-3-5-16-6-4-15-9-16/h1-2,4,6-7,9,14H,3,5,8,10H2. The number of nitrogens with zero attached hydrogens (tertiary/aromatic N) is 2. The van der Waals surface area contributed by atoms with Crippen molar-refractivity contribution in [2.45, 2.75) is 13.1 Å². The summed E-state index contributed by atoms with van der Waals surface area (Å²) in [4.78, 5) is 4.00. The normalized spacial score (nSPS) is 12.9. The van der Waals surface area contributed by atoms with E-state index in [1.165, 1.54) is 5.56 Å². The molecule has 2 heterocycles. The van der Waals surface area contributed by atoms with Gasteiger partial charge in [-0.2, -0.15) is 0 Å². The minimum Gasteiger partial charge on any atom is -0.454 e. The molecule has 0 radical (unpaired) electrons. The molecule has 0 amide bonds. The third kappa shape index (κ3) is 2.46. The highest BCUT2D eigenvalue weighted by Gasteiger charge is 2.12. The molecule has 0 saturated heterocycles. The summed E-state index contributed by atoms with van der Waals surface area (Å²) in [7, 11) is 0. The maximum atomic E-state index is 5.34. The number of rotatable bonds is 5. The zero-order valence-electron chi connectivity index (χ0n) is 10.0. The van der Waals surface area contributed by atoms with Crippen molar-refractivity contribution in [3.63, 3.8) is 0 Å². The monoisotopic (exact) mass is 245 g/mol. The van der Waals surface area contributed by atoms with Crippen LogP contribution in [0, 0.1) is 0 Å². The molecule has 5 heteroatoms. The molecule has 94 valence electrons. The van der Waals surface area contributed by atoms with Gasteiger partial charge >= 0.3 is 0 Å². The number of hydrogen-bond acceptors (Lipinski definition) is 4. The molecule has 0 fully saturated rings. The van der Waals surface area contributed by atoms with Crippen LogP contribution in [0.5, 0.6) is 11.5 Å². The van der Waals surface area contributed by atoms with Gasteiger partial charge in [-0.3, -0.25) is 0 Å². The molecule has 0 atom stereocenters. The average Bonchev–Trinajstić information content (AvgIpc) is 3.05. The first-order chi connectivity index (χ1) is 8.92. The van der Waals surface area contributed by atoms with E-state index in [0.717, 1.165) is 31.1 Å². The Hall–Kier alpha value is -2.01. The molecule has 1 aliphatic heterocycles. The first-order valence-corrected chi connectivity index (χ1v) is 5.97. The number of ether oxygens (including phenoxy) is 2. The fourth-order valence-corrected chi connectivity index (χ4v) is 1.91. The fourth-order valence-electron chi connectivity index (χ4n) is 1.91. The third-order valence-corrected chi connectivity index (χ3v) is 2.87. The lowest BCUT2D eigenvalue weighted by Crippen LogP contribution is -2.18. The highest BCUT2D eigenvalue weighted by molar-refractivity contribution is 5.44. The second kappa shape index (κ2) is 5.10. The number of nitrogens with one attached hydrogen (secondary N) is 1. The van der Waals surface area contributed by atoms with Gasteiger partial charge in [-0.15, -0.1) is 0 Å². The zero-order chi connectivity index (χ0) is 12.2. The second-order valence-electron chi connectivity index (χ2n) is 4.16. The second-order valence-corrected chi connectivity index (χ2v) is 4.16. The summed E-state index contributed by atoms with van der Waals surface area (Å²) in [6.45, 7) is 2.98. The Morgan fingerprint density at radius 1 is 1.28 bits per heavy atom. The topological polar surface area (TPSA) is 48.3 Å². The zero-order valence-corrected chi connectivity index (χ0v) is 10.0. The van der Waals surface area contributed by atoms with Crippen LogP contribution in [0.15, 0.2) is 36.9 Å². The number of fused-ring (bicyclic) bond motifs is 1. The first-order valence-electron chi connectivity index (χ1n) is 5.97. The fraction of sp³-hybridized carbons (Fsp3) is 0.308. The van der Waals surface area contributed by atoms with Gasteiger partial charge in [0.05, 0.1) is 6.33 Å². The Morgan fingerprint density at radius 3 is 3.11 bits per heavy atom. The molecule has 0 unspecified atom stereocenters. The minimum atomic E-state index is 0.326. The summed E-state index contributed by atoms with van der Waals surface area (Å²) in [6, 6.07) is 6.03. The molecule has 1 aromatic heterocycles. The molecule has 5 nitrogen and oxygen atoms in total. The van der Waals surface area contributed by atoms with Crippen molar-refractivity contribution in [1.29, 1.82) is 0 Å². The van der Waals surface area contributed by atoms with Crippen molar-refractivity contribution in [3.05, 3.63) is 42.5 Å². The van der Waals surface area contributed by atoms with Gasteiger partial charge in [-0.25, -0.2) is 4.98 Å². The molecule has 1 aliphatic rings. The summed E-state index contributed by atoms with van der Waals surface area (Å²) >= 11 is 0. The van der Waals surface area contributed by atoms with Gasteiger partial charge in [0.25, 0.3) is 0 Å². The van der Waals surface area contributed by atoms with E-state index < -0.39 is 0 Å². The van der Waals surface area contributed by atoms with Crippen molar-refractivity contribution < 1.29 is 9.47 Å². The highest BCUT2D eigenvalue weighted by atomic mass is 16.7. The Bertz CT molecular complexity index is 511. The SMILES string of the molecule is c1cn(CCNCc2ccc3c(c2)OCO3)cn1. The van der Waals surface area contributed by atoms with E-state index in [4.69, 9.17) is 9.47 Å². The highest BCUT2D eigenvalue weighted by Crippen LogP contribution is 2.32. The largest absolute Gasteiger partial charge is 0.454 e. The Kier molecular flexibility index (Phi) is 3.14. The predicted octanol–water partition coefficient (Wildman–Crippen LogP) is 1.40. The predicted molar refractivity (Wildman–Crippen MR) is 66.5 cm³/mol. The molecule has 0 aliphatic carbocycles. The summed E-state index contributed by atoms with van der Waals surface area (Å²) in [5.41, 5.74) is 1.20. The van der Waals surface area contributed by atoms with Gasteiger partial charge in [0.1, 0.15) is 0 Å². The van der Waals surface area contributed by atoms with Crippen LogP contribution in [-0.2, 0) is 13.1 Å². The van der Waals surface area contributed by atoms with E-state index in [1.807, 2.05) is 29.2 Å². The molecule has 0 spiro atoms. The third-order valence-electron chi connectivity index (χ3n) is 2.87. The maximum absolute atomic E-state index is 5.34. The van der Waals surface area contributed by atoms with Crippen LogP contribution < -0.4 is 14.8 Å². The van der Waals surface area contributed by atoms with Crippen LogP contribution in [0.2, 0.25) is 0 Å². The Labute approximate surface area is 105 Å². The maximum Gasteiger partial charge on any atom is 0.231 e. The number of aromatic nitrogens is 2. The lowest BCUT2D eigenvalue weighted by molar-refractivity contribution is 0.174. The quantitative estimate of drug-likeness (QED) is 0.809. The van der Waals surface area contributed by atoms with E-state index in [2.05, 4.69) is 16.4 Å². The van der Waals surface area contributed by atoms with Crippen molar-refractivity contribution in [2.75, 3.05) is 13.3 Å². The van der Waals surface area contributed by atoms with Gasteiger partial charge < -0.3 is 19.4 Å². The van der Waals surface area contributed by atoms with Crippen LogP contribution in [0.25, 0.3) is 0 Å². The van der Waals surface area contributed by atoms with Crippen molar-refractivity contribution in [1.82, 2.24) is 14.9 Å². The molecule has 1 aromatic carbocycles. The Balaban J connectivity index is 1.48. The molecular formula is C13H15N3O2. The van der Waals surface area contributed by atoms with Crippen LogP contribution in [0.4, 0.5) is 0 Å². The van der Waals surface area contributed by atoms with Gasteiger partial charge in [0.2, 0.25) is 6.79 Å². The number of benzene rings is 1. The van der Waals surface area contributed by atoms with Crippen molar-refractivity contribution >= 4 is 0 Å². The summed E-state index contributed by atoms with van der Waals surface area (Å²) in [5, 5.41) is 3.39. The summed E-state index contributed by atoms with van der Waals surface area (Å²) < 4.78 is 12.7. The average molecular weight is 245 g/mol. The van der Waals surface area contributed by atoms with Crippen LogP contribution in [-0.4, -0.2) is 22.9 Å². The van der Waals surface area contributed by atoms with Gasteiger partial charge in [-0.1, -0.05) is 6.07 Å². The van der Waals surface area contributed by atoms with E-state index in [1.54, 1.807) is 6.20 Å². The smallest absolute Gasteiger partial charge is 0.231 e. The molecule has 18 heavy (non-hydrogen) atoms. The van der Waals surface area contributed by atoms with Crippen molar-refractivity contribution in [3.8, 4) is 11.5 Å². The van der Waals surface area contributed by atoms with Gasteiger partial charge in [-0.05, 0) is 17.7 Å². The van der Waals surface area contributed by atoms with E-state index >= 15 is 0 Å². The molecule has 2 aromatic rings. The lowest BCUT2D eigenvalue weighted by atomic mass is 10.2. The number of hydrogen-bond donors (Lipinski definition) is 1.